The predicted molar refractivity (Wildman–Crippen MR) is 62.3 cm³/mol. The zero-order valence-electron chi connectivity index (χ0n) is 8.26. The number of nitrogens with zero attached hydrogens (tertiary/aromatic N) is 1. The molecule has 1 aliphatic rings. The lowest BCUT2D eigenvalue weighted by molar-refractivity contribution is 0.0957. The van der Waals surface area contributed by atoms with Crippen molar-refractivity contribution < 1.29 is 9.18 Å². The topological polar surface area (TPSA) is 34.0 Å². The zero-order chi connectivity index (χ0) is 11.3. The molecule has 0 saturated carbocycles. The van der Waals surface area contributed by atoms with E-state index < -0.39 is 5.82 Å². The second-order valence-corrected chi connectivity index (χ2v) is 4.58. The van der Waals surface area contributed by atoms with Crippen LogP contribution in [-0.2, 0) is 6.42 Å². The molecular formula is C11H8BrFN2O. The minimum absolute atomic E-state index is 0.207. The number of amides is 1. The number of hydrogen-bond acceptors (Lipinski definition) is 1. The van der Waals surface area contributed by atoms with Gasteiger partial charge in [-0.15, -0.1) is 0 Å². The highest BCUT2D eigenvalue weighted by atomic mass is 79.9. The summed E-state index contributed by atoms with van der Waals surface area (Å²) in [6.07, 6.45) is 2.65. The molecule has 0 fully saturated rings. The van der Waals surface area contributed by atoms with E-state index in [-0.39, 0.29) is 5.91 Å². The first-order valence-electron chi connectivity index (χ1n) is 4.94. The fraction of sp³-hybridized carbons (Fsp3) is 0.182. The monoisotopic (exact) mass is 282 g/mol. The lowest BCUT2D eigenvalue weighted by Crippen LogP contribution is -2.23. The van der Waals surface area contributed by atoms with Crippen molar-refractivity contribution in [3.8, 4) is 0 Å². The molecule has 16 heavy (non-hydrogen) atoms. The number of aromatic nitrogens is 1. The van der Waals surface area contributed by atoms with Crippen LogP contribution in [0.1, 0.15) is 15.9 Å². The van der Waals surface area contributed by atoms with Crippen LogP contribution in [0.5, 0.6) is 0 Å². The Kier molecular flexibility index (Phi) is 2.04. The maximum Gasteiger partial charge on any atom is 0.252 e. The molecule has 3 nitrogen and oxygen atoms in total. The van der Waals surface area contributed by atoms with E-state index in [1.54, 1.807) is 3.59 Å². The Morgan fingerprint density at radius 2 is 2.25 bits per heavy atom. The van der Waals surface area contributed by atoms with Gasteiger partial charge in [-0.3, -0.25) is 8.39 Å². The Morgan fingerprint density at radius 3 is 3.06 bits per heavy atom. The van der Waals surface area contributed by atoms with Crippen LogP contribution in [-0.4, -0.2) is 16.0 Å². The molecule has 0 atom stereocenters. The second kappa shape index (κ2) is 3.31. The zero-order valence-corrected chi connectivity index (χ0v) is 9.84. The number of carbonyl (C=O) groups is 1. The van der Waals surface area contributed by atoms with Crippen molar-refractivity contribution in [1.29, 1.82) is 0 Å². The molecule has 2 aromatic rings. The van der Waals surface area contributed by atoms with E-state index in [1.807, 2.05) is 6.20 Å². The number of nitrogens with one attached hydrogen (secondary N) is 1. The highest BCUT2D eigenvalue weighted by Crippen LogP contribution is 2.29. The normalized spacial score (nSPS) is 15.0. The van der Waals surface area contributed by atoms with Gasteiger partial charge in [0.2, 0.25) is 0 Å². The van der Waals surface area contributed by atoms with Crippen LogP contribution in [0.15, 0.2) is 18.3 Å². The number of halogens is 2. The van der Waals surface area contributed by atoms with E-state index in [1.165, 1.54) is 12.1 Å². The van der Waals surface area contributed by atoms with Crippen molar-refractivity contribution in [3.05, 3.63) is 35.3 Å². The highest BCUT2D eigenvalue weighted by molar-refractivity contribution is 9.08. The van der Waals surface area contributed by atoms with Crippen LogP contribution in [0.3, 0.4) is 0 Å². The van der Waals surface area contributed by atoms with E-state index in [9.17, 15) is 9.18 Å². The van der Waals surface area contributed by atoms with Crippen molar-refractivity contribution >= 4 is 33.0 Å². The summed E-state index contributed by atoms with van der Waals surface area (Å²) < 4.78 is 15.1. The summed E-state index contributed by atoms with van der Waals surface area (Å²) in [5.41, 5.74) is 2.17. The summed E-state index contributed by atoms with van der Waals surface area (Å²) in [4.78, 5) is 11.8. The van der Waals surface area contributed by atoms with Crippen LogP contribution in [0.4, 0.5) is 4.39 Å². The van der Waals surface area contributed by atoms with Crippen LogP contribution in [0, 0.1) is 5.82 Å². The lowest BCUT2D eigenvalue weighted by atomic mass is 10.1. The molecule has 3 rings (SSSR count). The molecule has 1 aliphatic heterocycles. The van der Waals surface area contributed by atoms with Crippen molar-refractivity contribution in [1.82, 2.24) is 8.91 Å². The molecule has 1 aromatic carbocycles. The largest absolute Gasteiger partial charge is 0.352 e. The van der Waals surface area contributed by atoms with Gasteiger partial charge in [0.15, 0.2) is 0 Å². The molecule has 82 valence electrons. The maximum atomic E-state index is 13.4. The minimum Gasteiger partial charge on any atom is -0.352 e. The number of carbonyl (C=O) groups excluding carboxylic acids is 1. The van der Waals surface area contributed by atoms with Crippen molar-refractivity contribution in [3.63, 3.8) is 0 Å². The standard InChI is InChI=1S/C11H8BrFN2O/c12-15-5-6-1-2-14-11(16)8-3-7(13)4-9(15)10(6)8/h3-5H,1-2H2,(H,14,16). The molecule has 0 radical (unpaired) electrons. The predicted octanol–water partition coefficient (Wildman–Crippen LogP) is 2.22. The molecule has 0 saturated heterocycles. The third-order valence-electron chi connectivity index (χ3n) is 2.83. The van der Waals surface area contributed by atoms with Crippen LogP contribution < -0.4 is 5.32 Å². The Morgan fingerprint density at radius 1 is 1.44 bits per heavy atom. The molecule has 0 unspecified atom stereocenters. The molecule has 1 amide bonds. The second-order valence-electron chi connectivity index (χ2n) is 3.82. The molecule has 1 N–H and O–H groups in total. The molecule has 0 spiro atoms. The fourth-order valence-electron chi connectivity index (χ4n) is 2.14. The smallest absolute Gasteiger partial charge is 0.252 e. The fourth-order valence-corrected chi connectivity index (χ4v) is 2.67. The van der Waals surface area contributed by atoms with Gasteiger partial charge in [0, 0.05) is 18.1 Å². The van der Waals surface area contributed by atoms with E-state index in [2.05, 4.69) is 21.5 Å². The maximum absolute atomic E-state index is 13.4. The highest BCUT2D eigenvalue weighted by Gasteiger charge is 2.20. The van der Waals surface area contributed by atoms with Crippen LogP contribution in [0.2, 0.25) is 0 Å². The van der Waals surface area contributed by atoms with Gasteiger partial charge in [-0.05, 0) is 24.1 Å². The Bertz CT molecular complexity index is 606. The van der Waals surface area contributed by atoms with Crippen molar-refractivity contribution in [2.45, 2.75) is 6.42 Å². The first-order valence-corrected chi connectivity index (χ1v) is 5.65. The molecular weight excluding hydrogens is 275 g/mol. The van der Waals surface area contributed by atoms with E-state index in [0.29, 0.717) is 17.6 Å². The molecule has 2 heterocycles. The third-order valence-corrected chi connectivity index (χ3v) is 3.41. The van der Waals surface area contributed by atoms with E-state index >= 15 is 0 Å². The number of hydrogen-bond donors (Lipinski definition) is 1. The Hall–Kier alpha value is -1.36. The van der Waals surface area contributed by atoms with E-state index in [4.69, 9.17) is 0 Å². The summed E-state index contributed by atoms with van der Waals surface area (Å²) >= 11 is 3.32. The SMILES string of the molecule is O=C1NCCc2cn(Br)c3cc(F)cc1c23. The van der Waals surface area contributed by atoms with Gasteiger partial charge in [0.25, 0.3) is 5.91 Å². The summed E-state index contributed by atoms with van der Waals surface area (Å²) in [6, 6.07) is 2.72. The molecule has 0 aliphatic carbocycles. The third kappa shape index (κ3) is 1.28. The van der Waals surface area contributed by atoms with Gasteiger partial charge >= 0.3 is 0 Å². The Balaban J connectivity index is 2.48. The first kappa shape index (κ1) is 9.84. The van der Waals surface area contributed by atoms with E-state index in [0.717, 1.165) is 17.4 Å². The van der Waals surface area contributed by atoms with Crippen molar-refractivity contribution in [2.24, 2.45) is 0 Å². The van der Waals surface area contributed by atoms with Crippen LogP contribution in [0.25, 0.3) is 10.9 Å². The summed E-state index contributed by atoms with van der Waals surface area (Å²) in [5, 5.41) is 3.60. The average molecular weight is 283 g/mol. The lowest BCUT2D eigenvalue weighted by Gasteiger charge is -2.03. The minimum atomic E-state index is -0.398. The molecule has 5 heteroatoms. The quantitative estimate of drug-likeness (QED) is 0.790. The van der Waals surface area contributed by atoms with Crippen LogP contribution >= 0.6 is 16.1 Å². The number of rotatable bonds is 0. The van der Waals surface area contributed by atoms with Gasteiger partial charge < -0.3 is 5.32 Å². The molecule has 1 aromatic heterocycles. The Labute approximate surface area is 99.6 Å². The van der Waals surface area contributed by atoms with Gasteiger partial charge in [-0.1, -0.05) is 0 Å². The van der Waals surface area contributed by atoms with Gasteiger partial charge in [0.05, 0.1) is 27.2 Å². The summed E-state index contributed by atoms with van der Waals surface area (Å²) in [6.45, 7) is 0.585. The average Bonchev–Trinajstić information content (AvgIpc) is 2.45. The van der Waals surface area contributed by atoms with Gasteiger partial charge in [-0.2, -0.15) is 0 Å². The first-order chi connectivity index (χ1) is 7.66. The van der Waals surface area contributed by atoms with Gasteiger partial charge in [-0.25, -0.2) is 4.39 Å². The number of benzene rings is 1. The van der Waals surface area contributed by atoms with Crippen molar-refractivity contribution in [2.75, 3.05) is 6.54 Å². The molecule has 0 bridgehead atoms. The summed E-state index contributed by atoms with van der Waals surface area (Å²) in [5.74, 6) is -0.605. The summed E-state index contributed by atoms with van der Waals surface area (Å²) in [7, 11) is 0. The van der Waals surface area contributed by atoms with Gasteiger partial charge in [0.1, 0.15) is 5.82 Å².